The Morgan fingerprint density at radius 3 is 2.83 bits per heavy atom. The lowest BCUT2D eigenvalue weighted by atomic mass is 10.1. The second-order valence-corrected chi connectivity index (χ2v) is 5.54. The molecule has 0 saturated heterocycles. The van der Waals surface area contributed by atoms with Gasteiger partial charge in [-0.15, -0.1) is 0 Å². The zero-order valence-electron chi connectivity index (χ0n) is 12.2. The molecular formula is C17H13F2N3O. The van der Waals surface area contributed by atoms with E-state index in [1.807, 2.05) is 28.8 Å². The normalized spacial score (nSPS) is 14.1. The molecule has 4 rings (SSSR count). The number of fused-ring (bicyclic) bond motifs is 3. The molecule has 1 aliphatic heterocycles. The van der Waals surface area contributed by atoms with Gasteiger partial charge in [0, 0.05) is 24.7 Å². The summed E-state index contributed by atoms with van der Waals surface area (Å²) in [5, 5.41) is 0. The van der Waals surface area contributed by atoms with Gasteiger partial charge in [0.05, 0.1) is 17.9 Å². The number of pyridine rings is 1. The third-order valence-electron chi connectivity index (χ3n) is 4.12. The van der Waals surface area contributed by atoms with Crippen LogP contribution < -0.4 is 0 Å². The first-order valence-electron chi connectivity index (χ1n) is 7.32. The van der Waals surface area contributed by atoms with Crippen LogP contribution in [-0.2, 0) is 13.0 Å². The molecule has 0 aliphatic carbocycles. The molecule has 1 aromatic carbocycles. The second-order valence-electron chi connectivity index (χ2n) is 5.54. The third kappa shape index (κ3) is 2.27. The Morgan fingerprint density at radius 2 is 2.00 bits per heavy atom. The number of hydrogen-bond donors (Lipinski definition) is 0. The Balaban J connectivity index is 1.67. The van der Waals surface area contributed by atoms with E-state index in [0.717, 1.165) is 29.2 Å². The molecule has 0 fully saturated rings. The summed E-state index contributed by atoms with van der Waals surface area (Å²) in [5.74, 6) is -2.27. The Bertz CT molecular complexity index is 919. The van der Waals surface area contributed by atoms with E-state index in [1.54, 1.807) is 4.90 Å². The fourth-order valence-electron chi connectivity index (χ4n) is 2.95. The van der Waals surface area contributed by atoms with Gasteiger partial charge in [-0.1, -0.05) is 6.07 Å². The first-order chi connectivity index (χ1) is 11.1. The van der Waals surface area contributed by atoms with Gasteiger partial charge in [0.15, 0.2) is 11.6 Å². The molecule has 0 spiro atoms. The lowest BCUT2D eigenvalue weighted by Crippen LogP contribution is -2.36. The van der Waals surface area contributed by atoms with Gasteiger partial charge in [0.25, 0.3) is 5.91 Å². The third-order valence-corrected chi connectivity index (χ3v) is 4.12. The van der Waals surface area contributed by atoms with E-state index in [1.165, 1.54) is 6.07 Å². The lowest BCUT2D eigenvalue weighted by molar-refractivity contribution is 0.0730. The van der Waals surface area contributed by atoms with Crippen molar-refractivity contribution >= 4 is 11.6 Å². The molecule has 0 unspecified atom stereocenters. The SMILES string of the molecule is O=C(c1ccc(F)c(F)c1)N1CCc2nc3ccccn3c2C1. The monoisotopic (exact) mass is 313 g/mol. The topological polar surface area (TPSA) is 37.6 Å². The maximum Gasteiger partial charge on any atom is 0.254 e. The van der Waals surface area contributed by atoms with E-state index < -0.39 is 11.6 Å². The van der Waals surface area contributed by atoms with Crippen molar-refractivity contribution in [1.29, 1.82) is 0 Å². The summed E-state index contributed by atoms with van der Waals surface area (Å²) in [7, 11) is 0. The number of carbonyl (C=O) groups excluding carboxylic acids is 1. The van der Waals surface area contributed by atoms with E-state index >= 15 is 0 Å². The largest absolute Gasteiger partial charge is 0.332 e. The van der Waals surface area contributed by atoms with Crippen LogP contribution in [0.3, 0.4) is 0 Å². The van der Waals surface area contributed by atoms with E-state index in [4.69, 9.17) is 0 Å². The van der Waals surface area contributed by atoms with Crippen molar-refractivity contribution in [2.75, 3.05) is 6.54 Å². The molecule has 0 atom stereocenters. The van der Waals surface area contributed by atoms with Gasteiger partial charge in [0.1, 0.15) is 5.65 Å². The fraction of sp³-hybridized carbons (Fsp3) is 0.176. The molecule has 0 radical (unpaired) electrons. The van der Waals surface area contributed by atoms with Gasteiger partial charge in [0.2, 0.25) is 0 Å². The highest BCUT2D eigenvalue weighted by atomic mass is 19.2. The first-order valence-corrected chi connectivity index (χ1v) is 7.32. The van der Waals surface area contributed by atoms with Crippen LogP contribution >= 0.6 is 0 Å². The van der Waals surface area contributed by atoms with Gasteiger partial charge in [-0.2, -0.15) is 0 Å². The molecule has 116 valence electrons. The molecule has 0 bridgehead atoms. The van der Waals surface area contributed by atoms with Crippen LogP contribution in [0.15, 0.2) is 42.6 Å². The molecule has 4 nitrogen and oxygen atoms in total. The lowest BCUT2D eigenvalue weighted by Gasteiger charge is -2.26. The predicted molar refractivity (Wildman–Crippen MR) is 80.0 cm³/mol. The standard InChI is InChI=1S/C17H13F2N3O/c18-12-5-4-11(9-13(12)19)17(23)21-8-6-14-15(10-21)22-7-2-1-3-16(22)20-14/h1-5,7,9H,6,8,10H2. The van der Waals surface area contributed by atoms with Gasteiger partial charge in [-0.05, 0) is 30.3 Å². The van der Waals surface area contributed by atoms with Crippen LogP contribution in [0.5, 0.6) is 0 Å². The van der Waals surface area contributed by atoms with Crippen LogP contribution in [0.25, 0.3) is 5.65 Å². The zero-order chi connectivity index (χ0) is 16.0. The fourth-order valence-corrected chi connectivity index (χ4v) is 2.95. The van der Waals surface area contributed by atoms with Crippen LogP contribution in [0.4, 0.5) is 8.78 Å². The number of halogens is 2. The van der Waals surface area contributed by atoms with Crippen molar-refractivity contribution < 1.29 is 13.6 Å². The van der Waals surface area contributed by atoms with Crippen molar-refractivity contribution in [1.82, 2.24) is 14.3 Å². The minimum absolute atomic E-state index is 0.154. The smallest absolute Gasteiger partial charge is 0.254 e. The molecule has 23 heavy (non-hydrogen) atoms. The molecule has 1 aliphatic rings. The average molecular weight is 313 g/mol. The number of hydrogen-bond acceptors (Lipinski definition) is 2. The minimum Gasteiger partial charge on any atom is -0.332 e. The average Bonchev–Trinajstić information content (AvgIpc) is 2.94. The molecule has 3 heterocycles. The summed E-state index contributed by atoms with van der Waals surface area (Å²) in [4.78, 5) is 18.7. The maximum absolute atomic E-state index is 13.3. The number of aromatic nitrogens is 2. The van der Waals surface area contributed by atoms with Crippen LogP contribution in [0.1, 0.15) is 21.7 Å². The zero-order valence-corrected chi connectivity index (χ0v) is 12.2. The molecular weight excluding hydrogens is 300 g/mol. The van der Waals surface area contributed by atoms with Crippen LogP contribution in [0, 0.1) is 11.6 Å². The quantitative estimate of drug-likeness (QED) is 0.693. The number of benzene rings is 1. The highest BCUT2D eigenvalue weighted by Crippen LogP contribution is 2.22. The number of amides is 1. The van der Waals surface area contributed by atoms with Crippen molar-refractivity contribution in [3.05, 3.63) is 71.2 Å². The molecule has 6 heteroatoms. The second kappa shape index (κ2) is 5.15. The van der Waals surface area contributed by atoms with E-state index in [-0.39, 0.29) is 11.5 Å². The van der Waals surface area contributed by atoms with Gasteiger partial charge in [-0.3, -0.25) is 4.79 Å². The number of carbonyl (C=O) groups is 1. The summed E-state index contributed by atoms with van der Waals surface area (Å²) < 4.78 is 28.3. The minimum atomic E-state index is -1.01. The highest BCUT2D eigenvalue weighted by molar-refractivity contribution is 5.94. The number of imidazole rings is 1. The summed E-state index contributed by atoms with van der Waals surface area (Å²) in [5.41, 5.74) is 2.94. The van der Waals surface area contributed by atoms with Crippen molar-refractivity contribution in [2.24, 2.45) is 0 Å². The molecule has 0 saturated carbocycles. The number of rotatable bonds is 1. The van der Waals surface area contributed by atoms with Gasteiger partial charge < -0.3 is 9.30 Å². The van der Waals surface area contributed by atoms with Crippen LogP contribution in [-0.4, -0.2) is 26.7 Å². The first kappa shape index (κ1) is 13.9. The molecule has 1 amide bonds. The van der Waals surface area contributed by atoms with Crippen molar-refractivity contribution in [3.63, 3.8) is 0 Å². The predicted octanol–water partition coefficient (Wildman–Crippen LogP) is 2.81. The van der Waals surface area contributed by atoms with Crippen LogP contribution in [0.2, 0.25) is 0 Å². The maximum atomic E-state index is 13.3. The van der Waals surface area contributed by atoms with E-state index in [0.29, 0.717) is 19.5 Å². The van der Waals surface area contributed by atoms with Gasteiger partial charge in [-0.25, -0.2) is 13.8 Å². The summed E-state index contributed by atoms with van der Waals surface area (Å²) >= 11 is 0. The summed E-state index contributed by atoms with van der Waals surface area (Å²) in [6.45, 7) is 0.910. The Labute approximate surface area is 131 Å². The Kier molecular flexibility index (Phi) is 3.11. The Morgan fingerprint density at radius 1 is 1.13 bits per heavy atom. The summed E-state index contributed by atoms with van der Waals surface area (Å²) in [6, 6.07) is 8.97. The van der Waals surface area contributed by atoms with E-state index in [2.05, 4.69) is 4.98 Å². The van der Waals surface area contributed by atoms with Crippen molar-refractivity contribution in [2.45, 2.75) is 13.0 Å². The highest BCUT2D eigenvalue weighted by Gasteiger charge is 2.25. The van der Waals surface area contributed by atoms with E-state index in [9.17, 15) is 13.6 Å². The molecule has 0 N–H and O–H groups in total. The molecule has 2 aromatic heterocycles. The van der Waals surface area contributed by atoms with Gasteiger partial charge >= 0.3 is 0 Å². The summed E-state index contributed by atoms with van der Waals surface area (Å²) in [6.07, 6.45) is 2.55. The Hall–Kier alpha value is -2.76. The number of nitrogens with zero attached hydrogens (tertiary/aromatic N) is 3. The van der Waals surface area contributed by atoms with Crippen molar-refractivity contribution in [3.8, 4) is 0 Å². The molecule has 3 aromatic rings.